The van der Waals surface area contributed by atoms with E-state index < -0.39 is 0 Å². The van der Waals surface area contributed by atoms with E-state index in [0.717, 1.165) is 0 Å². The van der Waals surface area contributed by atoms with Gasteiger partial charge in [-0.1, -0.05) is 0 Å². The first-order chi connectivity index (χ1) is 5.35. The number of hydrogen-bond acceptors (Lipinski definition) is 4. The minimum Gasteiger partial charge on any atom is -0.377 e. The third-order valence-corrected chi connectivity index (χ3v) is 1.40. The summed E-state index contributed by atoms with van der Waals surface area (Å²) in [7, 11) is -0.163. The predicted octanol–water partition coefficient (Wildman–Crippen LogP) is -0.865. The SMILES string of the molecule is C=N/N=C(/CPO)NCCN. The molecule has 0 rings (SSSR count). The van der Waals surface area contributed by atoms with Crippen LogP contribution in [-0.4, -0.2) is 36.7 Å². The zero-order valence-corrected chi connectivity index (χ0v) is 7.25. The molecule has 0 bridgehead atoms. The standard InChI is InChI=1S/C5H13N4OP/c1-7-9-5(4-11-10)8-3-2-6/h10-11H,1-4,6H2,(H,8,9). The molecule has 4 N–H and O–H groups in total. The van der Waals surface area contributed by atoms with E-state index in [9.17, 15) is 0 Å². The summed E-state index contributed by atoms with van der Waals surface area (Å²) in [6, 6.07) is 0. The lowest BCUT2D eigenvalue weighted by Gasteiger charge is -2.04. The van der Waals surface area contributed by atoms with Gasteiger partial charge in [-0.15, -0.1) is 5.10 Å². The highest BCUT2D eigenvalue weighted by Crippen LogP contribution is 1.99. The predicted molar refractivity (Wildman–Crippen MR) is 49.4 cm³/mol. The monoisotopic (exact) mass is 176 g/mol. The maximum atomic E-state index is 8.58. The number of nitrogens with one attached hydrogen (secondary N) is 1. The summed E-state index contributed by atoms with van der Waals surface area (Å²) >= 11 is 0. The Kier molecular flexibility index (Phi) is 7.24. The van der Waals surface area contributed by atoms with E-state index in [1.807, 2.05) is 0 Å². The van der Waals surface area contributed by atoms with Crippen molar-refractivity contribution in [3.05, 3.63) is 0 Å². The van der Waals surface area contributed by atoms with E-state index in [4.69, 9.17) is 10.6 Å². The normalized spacial score (nSPS) is 12.4. The van der Waals surface area contributed by atoms with Gasteiger partial charge < -0.3 is 15.9 Å². The van der Waals surface area contributed by atoms with Crippen molar-refractivity contribution < 1.29 is 4.89 Å². The Morgan fingerprint density at radius 1 is 1.73 bits per heavy atom. The fraction of sp³-hybridized carbons (Fsp3) is 0.600. The van der Waals surface area contributed by atoms with Crippen molar-refractivity contribution in [3.63, 3.8) is 0 Å². The van der Waals surface area contributed by atoms with Gasteiger partial charge in [-0.25, -0.2) is 0 Å². The van der Waals surface area contributed by atoms with Crippen molar-refractivity contribution >= 4 is 21.4 Å². The van der Waals surface area contributed by atoms with Gasteiger partial charge in [-0.3, -0.25) is 0 Å². The lowest BCUT2D eigenvalue weighted by atomic mass is 10.6. The van der Waals surface area contributed by atoms with Crippen molar-refractivity contribution in [2.24, 2.45) is 15.9 Å². The van der Waals surface area contributed by atoms with Crippen LogP contribution in [0.4, 0.5) is 0 Å². The van der Waals surface area contributed by atoms with Crippen LogP contribution in [0.5, 0.6) is 0 Å². The molecule has 11 heavy (non-hydrogen) atoms. The summed E-state index contributed by atoms with van der Waals surface area (Å²) in [4.78, 5) is 8.58. The molecule has 0 fully saturated rings. The highest BCUT2D eigenvalue weighted by atomic mass is 31.1. The highest BCUT2D eigenvalue weighted by molar-refractivity contribution is 7.32. The maximum absolute atomic E-state index is 8.58. The molecular weight excluding hydrogens is 163 g/mol. The molecule has 0 amide bonds. The molecule has 1 atom stereocenters. The summed E-state index contributed by atoms with van der Waals surface area (Å²) in [5, 5.41) is 9.91. The lowest BCUT2D eigenvalue weighted by molar-refractivity contribution is 0.648. The molecule has 0 spiro atoms. The number of nitrogens with two attached hydrogens (primary N) is 1. The summed E-state index contributed by atoms with van der Waals surface area (Å²) < 4.78 is 0. The molecule has 1 unspecified atom stereocenters. The second kappa shape index (κ2) is 7.60. The van der Waals surface area contributed by atoms with E-state index >= 15 is 0 Å². The molecule has 0 radical (unpaired) electrons. The average Bonchev–Trinajstić information content (AvgIpc) is 2.01. The van der Waals surface area contributed by atoms with E-state index in [1.165, 1.54) is 0 Å². The fourth-order valence-corrected chi connectivity index (χ4v) is 0.855. The van der Waals surface area contributed by atoms with Gasteiger partial charge >= 0.3 is 0 Å². The Morgan fingerprint density at radius 3 is 2.91 bits per heavy atom. The second-order valence-electron chi connectivity index (χ2n) is 1.74. The summed E-state index contributed by atoms with van der Waals surface area (Å²) in [5.74, 6) is 0.631. The Labute approximate surface area is 67.6 Å². The van der Waals surface area contributed by atoms with Gasteiger partial charge in [0, 0.05) is 34.8 Å². The molecule has 0 saturated heterocycles. The second-order valence-corrected chi connectivity index (χ2v) is 2.41. The molecule has 0 aliphatic carbocycles. The van der Waals surface area contributed by atoms with Crippen molar-refractivity contribution in [3.8, 4) is 0 Å². The maximum Gasteiger partial charge on any atom is 0.131 e. The van der Waals surface area contributed by atoms with Gasteiger partial charge in [-0.2, -0.15) is 5.10 Å². The largest absolute Gasteiger partial charge is 0.377 e. The van der Waals surface area contributed by atoms with Crippen LogP contribution in [0.1, 0.15) is 0 Å². The van der Waals surface area contributed by atoms with Gasteiger partial charge in [0.05, 0.1) is 0 Å². The fourth-order valence-electron chi connectivity index (χ4n) is 0.510. The minimum absolute atomic E-state index is 0.163. The molecule has 0 aromatic carbocycles. The number of rotatable bonds is 5. The van der Waals surface area contributed by atoms with Crippen molar-refractivity contribution in [2.75, 3.05) is 19.3 Å². The van der Waals surface area contributed by atoms with E-state index in [-0.39, 0.29) is 8.81 Å². The number of hydrogen-bond donors (Lipinski definition) is 3. The molecule has 0 aliphatic rings. The van der Waals surface area contributed by atoms with Gasteiger partial charge in [0.2, 0.25) is 0 Å². The summed E-state index contributed by atoms with van der Waals surface area (Å²) in [6.07, 6.45) is 0.485. The molecule has 64 valence electrons. The van der Waals surface area contributed by atoms with E-state index in [2.05, 4.69) is 22.2 Å². The third kappa shape index (κ3) is 5.91. The Hall–Kier alpha value is -0.510. The molecule has 0 heterocycles. The quantitative estimate of drug-likeness (QED) is 0.220. The lowest BCUT2D eigenvalue weighted by Crippen LogP contribution is -2.30. The van der Waals surface area contributed by atoms with Crippen molar-refractivity contribution in [2.45, 2.75) is 0 Å². The highest BCUT2D eigenvalue weighted by Gasteiger charge is 1.95. The van der Waals surface area contributed by atoms with Crippen LogP contribution in [0.2, 0.25) is 0 Å². The van der Waals surface area contributed by atoms with Crippen LogP contribution < -0.4 is 11.1 Å². The topological polar surface area (TPSA) is 83.0 Å². The van der Waals surface area contributed by atoms with Gasteiger partial charge in [0.15, 0.2) is 0 Å². The molecule has 5 nitrogen and oxygen atoms in total. The van der Waals surface area contributed by atoms with E-state index in [1.54, 1.807) is 0 Å². The van der Waals surface area contributed by atoms with Crippen LogP contribution in [0.15, 0.2) is 10.2 Å². The van der Waals surface area contributed by atoms with Gasteiger partial charge in [0.1, 0.15) is 5.84 Å². The Balaban J connectivity index is 3.69. The van der Waals surface area contributed by atoms with Crippen molar-refractivity contribution in [1.29, 1.82) is 0 Å². The summed E-state index contributed by atoms with van der Waals surface area (Å²) in [6.45, 7) is 4.37. The first-order valence-electron chi connectivity index (χ1n) is 3.18. The zero-order chi connectivity index (χ0) is 8.53. The molecule has 0 aliphatic heterocycles. The third-order valence-electron chi connectivity index (χ3n) is 0.911. The van der Waals surface area contributed by atoms with Crippen LogP contribution in [0, 0.1) is 0 Å². The minimum atomic E-state index is -0.163. The smallest absolute Gasteiger partial charge is 0.131 e. The average molecular weight is 176 g/mol. The van der Waals surface area contributed by atoms with Crippen LogP contribution in [0.25, 0.3) is 0 Å². The van der Waals surface area contributed by atoms with Crippen LogP contribution in [-0.2, 0) is 0 Å². The zero-order valence-electron chi connectivity index (χ0n) is 6.25. The van der Waals surface area contributed by atoms with E-state index in [0.29, 0.717) is 25.1 Å². The van der Waals surface area contributed by atoms with Gasteiger partial charge in [0.25, 0.3) is 0 Å². The molecule has 0 saturated carbocycles. The molecule has 6 heteroatoms. The van der Waals surface area contributed by atoms with Crippen molar-refractivity contribution in [1.82, 2.24) is 5.32 Å². The van der Waals surface area contributed by atoms with Crippen LogP contribution >= 0.6 is 8.81 Å². The first kappa shape index (κ1) is 10.5. The Morgan fingerprint density at radius 2 is 2.45 bits per heavy atom. The molecular formula is C5H13N4OP. The number of nitrogens with zero attached hydrogens (tertiary/aromatic N) is 2. The van der Waals surface area contributed by atoms with Crippen LogP contribution in [0.3, 0.4) is 0 Å². The Bertz CT molecular complexity index is 138. The first-order valence-corrected chi connectivity index (χ1v) is 4.34. The number of amidine groups is 1. The molecule has 0 aromatic heterocycles. The molecule has 0 aromatic rings. The van der Waals surface area contributed by atoms with Gasteiger partial charge in [-0.05, 0) is 0 Å². The summed E-state index contributed by atoms with van der Waals surface area (Å²) in [5.41, 5.74) is 5.25.